The second kappa shape index (κ2) is 13.4. The van der Waals surface area contributed by atoms with E-state index in [-0.39, 0.29) is 0 Å². The Balaban J connectivity index is 2.78. The van der Waals surface area contributed by atoms with Crippen molar-refractivity contribution in [3.63, 3.8) is 0 Å². The largest absolute Gasteiger partial charge is 0.162 e. The standard InChI is InChI=1S/C13H28S/c1-3-5-7-8-9-11-13-14-12-10-6-4-2/h3-13H2,1-2H3. The van der Waals surface area contributed by atoms with E-state index in [1.807, 2.05) is 0 Å². The summed E-state index contributed by atoms with van der Waals surface area (Å²) in [6.07, 6.45) is 12.8. The predicted molar refractivity (Wildman–Crippen MR) is 70.2 cm³/mol. The van der Waals surface area contributed by atoms with Crippen LogP contribution in [0.15, 0.2) is 0 Å². The summed E-state index contributed by atoms with van der Waals surface area (Å²) in [4.78, 5) is 0. The maximum atomic E-state index is 2.28. The number of unbranched alkanes of at least 4 members (excludes halogenated alkanes) is 7. The lowest BCUT2D eigenvalue weighted by Crippen LogP contribution is -1.85. The third kappa shape index (κ3) is 12.3. The van der Waals surface area contributed by atoms with Gasteiger partial charge in [0.1, 0.15) is 0 Å². The van der Waals surface area contributed by atoms with Crippen molar-refractivity contribution in [2.75, 3.05) is 11.5 Å². The van der Waals surface area contributed by atoms with E-state index in [0.717, 1.165) is 0 Å². The van der Waals surface area contributed by atoms with E-state index in [0.29, 0.717) is 0 Å². The van der Waals surface area contributed by atoms with E-state index < -0.39 is 0 Å². The van der Waals surface area contributed by atoms with Crippen molar-refractivity contribution >= 4 is 11.8 Å². The van der Waals surface area contributed by atoms with Gasteiger partial charge in [0, 0.05) is 0 Å². The van der Waals surface area contributed by atoms with Crippen molar-refractivity contribution in [3.05, 3.63) is 0 Å². The summed E-state index contributed by atoms with van der Waals surface area (Å²) in [6.45, 7) is 4.56. The van der Waals surface area contributed by atoms with Gasteiger partial charge in [0.25, 0.3) is 0 Å². The fraction of sp³-hybridized carbons (Fsp3) is 1.00. The smallest absolute Gasteiger partial charge is 0.00675 e. The van der Waals surface area contributed by atoms with Crippen LogP contribution in [0.2, 0.25) is 0 Å². The highest BCUT2D eigenvalue weighted by Gasteiger charge is 1.91. The van der Waals surface area contributed by atoms with Gasteiger partial charge in [-0.1, -0.05) is 58.8 Å². The van der Waals surface area contributed by atoms with E-state index in [4.69, 9.17) is 0 Å². The summed E-state index contributed by atoms with van der Waals surface area (Å²) >= 11 is 2.16. The van der Waals surface area contributed by atoms with Crippen LogP contribution < -0.4 is 0 Å². The van der Waals surface area contributed by atoms with Crippen LogP contribution in [0, 0.1) is 0 Å². The van der Waals surface area contributed by atoms with Crippen molar-refractivity contribution in [1.29, 1.82) is 0 Å². The van der Waals surface area contributed by atoms with E-state index in [9.17, 15) is 0 Å². The highest BCUT2D eigenvalue weighted by Crippen LogP contribution is 2.11. The van der Waals surface area contributed by atoms with Crippen LogP contribution >= 0.6 is 11.8 Å². The van der Waals surface area contributed by atoms with Crippen molar-refractivity contribution in [3.8, 4) is 0 Å². The minimum absolute atomic E-state index is 1.36. The van der Waals surface area contributed by atoms with Crippen molar-refractivity contribution in [2.45, 2.75) is 71.6 Å². The molecule has 0 aliphatic carbocycles. The summed E-state index contributed by atoms with van der Waals surface area (Å²) in [5.74, 6) is 2.79. The van der Waals surface area contributed by atoms with Crippen LogP contribution in [0.3, 0.4) is 0 Å². The molecule has 0 fully saturated rings. The van der Waals surface area contributed by atoms with Gasteiger partial charge >= 0.3 is 0 Å². The molecule has 0 saturated heterocycles. The van der Waals surface area contributed by atoms with Crippen LogP contribution in [0.1, 0.15) is 71.6 Å². The highest BCUT2D eigenvalue weighted by atomic mass is 32.2. The van der Waals surface area contributed by atoms with Crippen molar-refractivity contribution in [1.82, 2.24) is 0 Å². The van der Waals surface area contributed by atoms with Crippen LogP contribution in [-0.2, 0) is 0 Å². The zero-order valence-corrected chi connectivity index (χ0v) is 11.0. The summed E-state index contributed by atoms with van der Waals surface area (Å²) < 4.78 is 0. The average molecular weight is 216 g/mol. The maximum Gasteiger partial charge on any atom is -0.00675 e. The number of hydrogen-bond acceptors (Lipinski definition) is 1. The van der Waals surface area contributed by atoms with Crippen molar-refractivity contribution < 1.29 is 0 Å². The maximum absolute atomic E-state index is 2.28. The Morgan fingerprint density at radius 1 is 0.571 bits per heavy atom. The molecule has 0 aromatic carbocycles. The molecular weight excluding hydrogens is 188 g/mol. The molecule has 0 aliphatic heterocycles. The average Bonchev–Trinajstić information content (AvgIpc) is 2.21. The topological polar surface area (TPSA) is 0 Å². The molecule has 14 heavy (non-hydrogen) atoms. The second-order valence-electron chi connectivity index (χ2n) is 4.09. The Labute approximate surface area is 95.2 Å². The molecular formula is C13H28S. The fourth-order valence-electron chi connectivity index (χ4n) is 1.54. The van der Waals surface area contributed by atoms with E-state index in [1.54, 1.807) is 0 Å². The number of thioether (sulfide) groups is 1. The van der Waals surface area contributed by atoms with Crippen LogP contribution in [0.4, 0.5) is 0 Å². The molecule has 0 spiro atoms. The first-order valence-electron chi connectivity index (χ1n) is 6.49. The van der Waals surface area contributed by atoms with Gasteiger partial charge in [-0.05, 0) is 24.3 Å². The quantitative estimate of drug-likeness (QED) is 0.424. The highest BCUT2D eigenvalue weighted by molar-refractivity contribution is 7.99. The molecule has 0 nitrogen and oxygen atoms in total. The Hall–Kier alpha value is 0.350. The lowest BCUT2D eigenvalue weighted by Gasteiger charge is -2.01. The molecule has 0 aliphatic rings. The molecule has 0 aromatic heterocycles. The first kappa shape index (κ1) is 14.3. The SMILES string of the molecule is CCCCCCCCSCCCCC. The van der Waals surface area contributed by atoms with Gasteiger partial charge in [-0.25, -0.2) is 0 Å². The second-order valence-corrected chi connectivity index (χ2v) is 5.31. The first-order valence-corrected chi connectivity index (χ1v) is 7.65. The lowest BCUT2D eigenvalue weighted by atomic mass is 10.1. The van der Waals surface area contributed by atoms with Gasteiger partial charge in [-0.2, -0.15) is 11.8 Å². The van der Waals surface area contributed by atoms with Gasteiger partial charge in [0.05, 0.1) is 0 Å². The Bertz CT molecular complexity index is 79.2. The summed E-state index contributed by atoms with van der Waals surface area (Å²) in [6, 6.07) is 0. The minimum Gasteiger partial charge on any atom is -0.162 e. The molecule has 0 bridgehead atoms. The molecule has 0 radical (unpaired) electrons. The van der Waals surface area contributed by atoms with Crippen LogP contribution in [-0.4, -0.2) is 11.5 Å². The molecule has 0 N–H and O–H groups in total. The zero-order valence-electron chi connectivity index (χ0n) is 10.2. The fourth-order valence-corrected chi connectivity index (χ4v) is 2.56. The first-order chi connectivity index (χ1) is 6.91. The summed E-state index contributed by atoms with van der Waals surface area (Å²) in [5.41, 5.74) is 0. The van der Waals surface area contributed by atoms with E-state index in [1.165, 1.54) is 69.3 Å². The van der Waals surface area contributed by atoms with Gasteiger partial charge in [0.15, 0.2) is 0 Å². The lowest BCUT2D eigenvalue weighted by molar-refractivity contribution is 0.627. The summed E-state index contributed by atoms with van der Waals surface area (Å²) in [5, 5.41) is 0. The molecule has 0 aromatic rings. The monoisotopic (exact) mass is 216 g/mol. The number of hydrogen-bond donors (Lipinski definition) is 0. The van der Waals surface area contributed by atoms with Gasteiger partial charge < -0.3 is 0 Å². The molecule has 0 rings (SSSR count). The van der Waals surface area contributed by atoms with Crippen LogP contribution in [0.25, 0.3) is 0 Å². The van der Waals surface area contributed by atoms with Gasteiger partial charge in [-0.15, -0.1) is 0 Å². The summed E-state index contributed by atoms with van der Waals surface area (Å²) in [7, 11) is 0. The molecule has 0 unspecified atom stereocenters. The number of rotatable bonds is 11. The van der Waals surface area contributed by atoms with Gasteiger partial charge in [-0.3, -0.25) is 0 Å². The molecule has 0 saturated carbocycles. The van der Waals surface area contributed by atoms with E-state index >= 15 is 0 Å². The Kier molecular flexibility index (Phi) is 13.7. The molecule has 0 amide bonds. The van der Waals surface area contributed by atoms with Crippen molar-refractivity contribution in [2.24, 2.45) is 0 Å². The molecule has 0 heterocycles. The third-order valence-corrected chi connectivity index (χ3v) is 3.69. The van der Waals surface area contributed by atoms with Gasteiger partial charge in [0.2, 0.25) is 0 Å². The minimum atomic E-state index is 1.36. The third-order valence-electron chi connectivity index (χ3n) is 2.53. The van der Waals surface area contributed by atoms with Crippen LogP contribution in [0.5, 0.6) is 0 Å². The Morgan fingerprint density at radius 3 is 1.64 bits per heavy atom. The zero-order chi connectivity index (χ0) is 10.5. The molecule has 0 atom stereocenters. The molecule has 1 heteroatoms. The predicted octanol–water partition coefficient (Wildman–Crippen LogP) is 5.27. The Morgan fingerprint density at radius 2 is 1.00 bits per heavy atom. The molecule has 86 valence electrons. The normalized spacial score (nSPS) is 10.7. The van der Waals surface area contributed by atoms with E-state index in [2.05, 4.69) is 25.6 Å².